The normalized spacial score (nSPS) is 22.6. The highest BCUT2D eigenvalue weighted by Crippen LogP contribution is 2.26. The third-order valence-corrected chi connectivity index (χ3v) is 3.74. The van der Waals surface area contributed by atoms with Crippen molar-refractivity contribution in [3.63, 3.8) is 0 Å². The van der Waals surface area contributed by atoms with Crippen molar-refractivity contribution in [3.8, 4) is 0 Å². The number of hydrogen-bond acceptors (Lipinski definition) is 4. The maximum atomic E-state index is 12.5. The lowest BCUT2D eigenvalue weighted by Gasteiger charge is -2.15. The summed E-state index contributed by atoms with van der Waals surface area (Å²) in [7, 11) is 1.36. The van der Waals surface area contributed by atoms with Crippen molar-refractivity contribution in [3.05, 3.63) is 34.8 Å². The molecule has 0 fully saturated rings. The number of methoxy groups -OCH3 is 1. The number of ether oxygens (including phenoxy) is 1. The lowest BCUT2D eigenvalue weighted by molar-refractivity contribution is -0.145. The van der Waals surface area contributed by atoms with Gasteiger partial charge in [-0.3, -0.25) is 9.59 Å². The molecule has 1 aliphatic rings. The van der Waals surface area contributed by atoms with Crippen LogP contribution < -0.4 is 0 Å². The van der Waals surface area contributed by atoms with Crippen molar-refractivity contribution >= 4 is 11.8 Å². The van der Waals surface area contributed by atoms with Crippen molar-refractivity contribution in [2.75, 3.05) is 7.11 Å². The molecule has 4 heteroatoms. The van der Waals surface area contributed by atoms with E-state index in [1.165, 1.54) is 7.11 Å². The molecule has 0 unspecified atom stereocenters. The van der Waals surface area contributed by atoms with Gasteiger partial charge in [0.2, 0.25) is 0 Å². The Morgan fingerprint density at radius 1 is 1.40 bits per heavy atom. The maximum Gasteiger partial charge on any atom is 0.309 e. The summed E-state index contributed by atoms with van der Waals surface area (Å²) >= 11 is 0. The summed E-state index contributed by atoms with van der Waals surface area (Å²) in [6.45, 7) is 3.87. The average Bonchev–Trinajstić information content (AvgIpc) is 2.77. The standard InChI is InChI=1S/C16H20O4/c1-10-5-4-6-12(16(18)19-3)8-13(17)15-11(2)9-20-14(15)7-10/h5,9,12H,4,6-8H2,1-3H3/b10-5+/t12-/m1/s1. The molecule has 0 N–H and O–H groups in total. The molecule has 108 valence electrons. The fraction of sp³-hybridized carbons (Fsp3) is 0.500. The molecule has 1 aromatic heterocycles. The third kappa shape index (κ3) is 3.00. The molecule has 0 spiro atoms. The zero-order valence-corrected chi connectivity index (χ0v) is 12.2. The first-order chi connectivity index (χ1) is 9.52. The van der Waals surface area contributed by atoms with Crippen LogP contribution in [0.4, 0.5) is 0 Å². The van der Waals surface area contributed by atoms with Crippen LogP contribution in [0, 0.1) is 12.8 Å². The summed E-state index contributed by atoms with van der Waals surface area (Å²) in [4.78, 5) is 24.2. The lowest BCUT2D eigenvalue weighted by Crippen LogP contribution is -2.21. The summed E-state index contributed by atoms with van der Waals surface area (Å²) < 4.78 is 10.3. The summed E-state index contributed by atoms with van der Waals surface area (Å²) in [6.07, 6.45) is 5.97. The van der Waals surface area contributed by atoms with Crippen LogP contribution in [0.1, 0.15) is 47.9 Å². The van der Waals surface area contributed by atoms with Crippen LogP contribution in [0.5, 0.6) is 0 Å². The van der Waals surface area contributed by atoms with Gasteiger partial charge in [-0.05, 0) is 32.3 Å². The number of fused-ring (bicyclic) bond motifs is 1. The van der Waals surface area contributed by atoms with Gasteiger partial charge in [0.05, 0.1) is 24.9 Å². The molecular formula is C16H20O4. The van der Waals surface area contributed by atoms with Gasteiger partial charge in [0, 0.05) is 12.8 Å². The zero-order chi connectivity index (χ0) is 14.7. The first kappa shape index (κ1) is 14.6. The average molecular weight is 276 g/mol. The maximum absolute atomic E-state index is 12.5. The van der Waals surface area contributed by atoms with Crippen molar-refractivity contribution < 1.29 is 18.7 Å². The lowest BCUT2D eigenvalue weighted by atomic mass is 9.90. The Hall–Kier alpha value is -1.84. The van der Waals surface area contributed by atoms with E-state index in [0.29, 0.717) is 24.2 Å². The highest BCUT2D eigenvalue weighted by atomic mass is 16.5. The Bertz CT molecular complexity index is 551. The van der Waals surface area contributed by atoms with Gasteiger partial charge in [-0.2, -0.15) is 0 Å². The van der Waals surface area contributed by atoms with Crippen LogP contribution >= 0.6 is 0 Å². The van der Waals surface area contributed by atoms with Gasteiger partial charge in [-0.25, -0.2) is 0 Å². The number of aryl methyl sites for hydroxylation is 1. The Morgan fingerprint density at radius 3 is 2.85 bits per heavy atom. The van der Waals surface area contributed by atoms with E-state index >= 15 is 0 Å². The van der Waals surface area contributed by atoms with Crippen molar-refractivity contribution in [2.45, 2.75) is 39.5 Å². The Morgan fingerprint density at radius 2 is 2.15 bits per heavy atom. The van der Waals surface area contributed by atoms with Gasteiger partial charge in [-0.15, -0.1) is 0 Å². The second kappa shape index (κ2) is 6.07. The minimum atomic E-state index is -0.378. The van der Waals surface area contributed by atoms with Gasteiger partial charge in [0.15, 0.2) is 5.78 Å². The predicted molar refractivity (Wildman–Crippen MR) is 74.6 cm³/mol. The number of carbonyl (C=O) groups excluding carboxylic acids is 2. The molecular weight excluding hydrogens is 256 g/mol. The molecule has 20 heavy (non-hydrogen) atoms. The number of Topliss-reactive ketones (excluding diaryl/α,β-unsaturated/α-hetero) is 1. The monoisotopic (exact) mass is 276 g/mol. The molecule has 0 amide bonds. The van der Waals surface area contributed by atoms with E-state index in [9.17, 15) is 9.59 Å². The summed E-state index contributed by atoms with van der Waals surface area (Å²) in [5, 5.41) is 0. The van der Waals surface area contributed by atoms with Crippen molar-refractivity contribution in [2.24, 2.45) is 5.92 Å². The molecule has 0 radical (unpaired) electrons. The minimum absolute atomic E-state index is 0.0312. The minimum Gasteiger partial charge on any atom is -0.469 e. The molecule has 1 atom stereocenters. The van der Waals surface area contributed by atoms with Crippen LogP contribution in [0.3, 0.4) is 0 Å². The molecule has 0 aliphatic heterocycles. The number of carbonyl (C=O) groups is 2. The molecule has 1 aromatic rings. The number of allylic oxidation sites excluding steroid dienone is 2. The predicted octanol–water partition coefficient (Wildman–Crippen LogP) is 3.23. The molecule has 0 bridgehead atoms. The highest BCUT2D eigenvalue weighted by Gasteiger charge is 2.27. The van der Waals surface area contributed by atoms with Crippen LogP contribution in [0.15, 0.2) is 22.3 Å². The van der Waals surface area contributed by atoms with E-state index in [1.54, 1.807) is 6.26 Å². The number of esters is 1. The summed E-state index contributed by atoms with van der Waals surface area (Å²) in [5.41, 5.74) is 2.62. The Labute approximate surface area is 118 Å². The van der Waals surface area contributed by atoms with E-state index in [-0.39, 0.29) is 24.1 Å². The molecule has 0 saturated carbocycles. The molecule has 2 rings (SSSR count). The van der Waals surface area contributed by atoms with Gasteiger partial charge in [-0.1, -0.05) is 11.6 Å². The first-order valence-corrected chi connectivity index (χ1v) is 6.86. The number of ketones is 1. The van der Waals surface area contributed by atoms with Gasteiger partial charge < -0.3 is 9.15 Å². The quantitative estimate of drug-likeness (QED) is 0.583. The molecule has 1 aliphatic carbocycles. The molecule has 1 heterocycles. The van der Waals surface area contributed by atoms with Crippen LogP contribution in [0.2, 0.25) is 0 Å². The van der Waals surface area contributed by atoms with Crippen LogP contribution in [0.25, 0.3) is 0 Å². The topological polar surface area (TPSA) is 56.5 Å². The Balaban J connectivity index is 2.37. The highest BCUT2D eigenvalue weighted by molar-refractivity contribution is 6.00. The van der Waals surface area contributed by atoms with Gasteiger partial charge in [0.25, 0.3) is 0 Å². The summed E-state index contributed by atoms with van der Waals surface area (Å²) in [6, 6.07) is 0. The fourth-order valence-corrected chi connectivity index (χ4v) is 2.65. The third-order valence-electron chi connectivity index (χ3n) is 3.74. The van der Waals surface area contributed by atoms with E-state index in [2.05, 4.69) is 6.08 Å². The molecule has 0 aromatic carbocycles. The van der Waals surface area contributed by atoms with Crippen LogP contribution in [-0.4, -0.2) is 18.9 Å². The van der Waals surface area contributed by atoms with Crippen LogP contribution in [-0.2, 0) is 16.0 Å². The second-order valence-corrected chi connectivity index (χ2v) is 5.37. The van der Waals surface area contributed by atoms with E-state index in [1.807, 2.05) is 13.8 Å². The van der Waals surface area contributed by atoms with E-state index in [0.717, 1.165) is 17.6 Å². The molecule has 0 saturated heterocycles. The van der Waals surface area contributed by atoms with E-state index < -0.39 is 0 Å². The Kier molecular flexibility index (Phi) is 4.42. The van der Waals surface area contributed by atoms with E-state index in [4.69, 9.17) is 9.15 Å². The second-order valence-electron chi connectivity index (χ2n) is 5.37. The molecule has 4 nitrogen and oxygen atoms in total. The van der Waals surface area contributed by atoms with Gasteiger partial charge in [0.1, 0.15) is 5.76 Å². The smallest absolute Gasteiger partial charge is 0.309 e. The zero-order valence-electron chi connectivity index (χ0n) is 12.2. The summed E-state index contributed by atoms with van der Waals surface area (Å²) in [5.74, 6) is -0.0207. The first-order valence-electron chi connectivity index (χ1n) is 6.86. The number of hydrogen-bond donors (Lipinski definition) is 0. The largest absolute Gasteiger partial charge is 0.469 e. The number of rotatable bonds is 1. The fourth-order valence-electron chi connectivity index (χ4n) is 2.65. The van der Waals surface area contributed by atoms with Gasteiger partial charge >= 0.3 is 5.97 Å². The SMILES string of the molecule is COC(=O)[C@@H]1CC/C=C(\C)Cc2occ(C)c2C(=O)C1. The van der Waals surface area contributed by atoms with Crippen molar-refractivity contribution in [1.82, 2.24) is 0 Å². The van der Waals surface area contributed by atoms with Crippen molar-refractivity contribution in [1.29, 1.82) is 0 Å². The number of furan rings is 1.